The van der Waals surface area contributed by atoms with Crippen molar-refractivity contribution >= 4 is 10.0 Å². The Morgan fingerprint density at radius 2 is 2.12 bits per heavy atom. The second kappa shape index (κ2) is 4.63. The fourth-order valence-corrected chi connectivity index (χ4v) is 4.70. The van der Waals surface area contributed by atoms with Crippen LogP contribution in [0.3, 0.4) is 0 Å². The van der Waals surface area contributed by atoms with Crippen LogP contribution in [-0.4, -0.2) is 44.2 Å². The van der Waals surface area contributed by atoms with E-state index >= 15 is 0 Å². The Morgan fingerprint density at radius 3 is 2.81 bits per heavy atom. The fourth-order valence-electron chi connectivity index (χ4n) is 2.66. The summed E-state index contributed by atoms with van der Waals surface area (Å²) in [4.78, 5) is 0. The van der Waals surface area contributed by atoms with E-state index in [0.29, 0.717) is 17.6 Å². The van der Waals surface area contributed by atoms with Crippen molar-refractivity contribution in [2.75, 3.05) is 25.4 Å². The highest BCUT2D eigenvalue weighted by Crippen LogP contribution is 2.30. The first-order valence-corrected chi connectivity index (χ1v) is 7.82. The molecule has 2 rings (SSSR count). The first kappa shape index (κ1) is 12.3. The Hall–Kier alpha value is -0.130. The molecule has 0 aromatic heterocycles. The zero-order valence-electron chi connectivity index (χ0n) is 10.1. The minimum atomic E-state index is -3.02. The predicted octanol–water partition coefficient (Wildman–Crippen LogP) is 0.656. The van der Waals surface area contributed by atoms with Crippen LogP contribution in [0.5, 0.6) is 0 Å². The fraction of sp³-hybridized carbons (Fsp3) is 1.00. The maximum atomic E-state index is 12.2. The zero-order chi connectivity index (χ0) is 11.8. The van der Waals surface area contributed by atoms with Gasteiger partial charge in [0.2, 0.25) is 10.0 Å². The van der Waals surface area contributed by atoms with E-state index in [2.05, 4.69) is 19.2 Å². The lowest BCUT2D eigenvalue weighted by Crippen LogP contribution is -2.40. The highest BCUT2D eigenvalue weighted by atomic mass is 32.2. The van der Waals surface area contributed by atoms with Gasteiger partial charge in [-0.1, -0.05) is 13.8 Å². The third-order valence-electron chi connectivity index (χ3n) is 3.70. The molecule has 2 aliphatic rings. The van der Waals surface area contributed by atoms with Gasteiger partial charge in [0.1, 0.15) is 0 Å². The molecule has 2 heterocycles. The van der Waals surface area contributed by atoms with E-state index in [-0.39, 0.29) is 6.04 Å². The molecule has 2 aliphatic heterocycles. The maximum Gasteiger partial charge on any atom is 0.214 e. The first-order valence-electron chi connectivity index (χ1n) is 6.21. The van der Waals surface area contributed by atoms with Gasteiger partial charge in [0.05, 0.1) is 5.75 Å². The van der Waals surface area contributed by atoms with Gasteiger partial charge in [-0.25, -0.2) is 8.42 Å². The number of fused-ring (bicyclic) bond motifs is 1. The van der Waals surface area contributed by atoms with Crippen LogP contribution < -0.4 is 5.32 Å². The topological polar surface area (TPSA) is 49.4 Å². The molecule has 0 aromatic rings. The van der Waals surface area contributed by atoms with E-state index in [9.17, 15) is 8.42 Å². The van der Waals surface area contributed by atoms with Gasteiger partial charge in [0, 0.05) is 19.1 Å². The normalized spacial score (nSPS) is 31.2. The van der Waals surface area contributed by atoms with Crippen molar-refractivity contribution in [3.8, 4) is 0 Å². The van der Waals surface area contributed by atoms with Crippen molar-refractivity contribution in [1.29, 1.82) is 0 Å². The molecule has 2 atom stereocenters. The maximum absolute atomic E-state index is 12.2. The number of hydrogen-bond donors (Lipinski definition) is 1. The lowest BCUT2D eigenvalue weighted by atomic mass is 10.1. The number of nitrogens with zero attached hydrogens (tertiary/aromatic N) is 1. The molecule has 94 valence electrons. The van der Waals surface area contributed by atoms with Crippen LogP contribution in [0.15, 0.2) is 0 Å². The van der Waals surface area contributed by atoms with Crippen LogP contribution in [0.2, 0.25) is 0 Å². The molecule has 0 aromatic carbocycles. The summed E-state index contributed by atoms with van der Waals surface area (Å²) in [5.74, 6) is 1.32. The lowest BCUT2D eigenvalue weighted by Gasteiger charge is -2.23. The molecule has 2 fully saturated rings. The first-order chi connectivity index (χ1) is 7.50. The van der Waals surface area contributed by atoms with Crippen molar-refractivity contribution in [1.82, 2.24) is 9.62 Å². The molecule has 0 bridgehead atoms. The molecule has 1 N–H and O–H groups in total. The Bertz CT molecular complexity index is 340. The Kier molecular flexibility index (Phi) is 3.56. The molecular formula is C11H22N2O2S. The summed E-state index contributed by atoms with van der Waals surface area (Å²) >= 11 is 0. The standard InChI is InChI=1S/C11H22N2O2S/c1-9(2)4-6-16(14,15)13-5-3-10-7-12-8-11(10)13/h9-12H,3-8H2,1-2H3/t10-,11+/m0/s1. The molecule has 5 heteroatoms. The summed E-state index contributed by atoms with van der Waals surface area (Å²) in [6.07, 6.45) is 1.79. The van der Waals surface area contributed by atoms with Crippen molar-refractivity contribution in [3.05, 3.63) is 0 Å². The van der Waals surface area contributed by atoms with E-state index in [4.69, 9.17) is 0 Å². The van der Waals surface area contributed by atoms with E-state index < -0.39 is 10.0 Å². The summed E-state index contributed by atoms with van der Waals surface area (Å²) < 4.78 is 26.1. The summed E-state index contributed by atoms with van der Waals surface area (Å²) in [5, 5.41) is 3.29. The lowest BCUT2D eigenvalue weighted by molar-refractivity contribution is 0.380. The predicted molar refractivity (Wildman–Crippen MR) is 64.7 cm³/mol. The van der Waals surface area contributed by atoms with Crippen LogP contribution >= 0.6 is 0 Å². The SMILES string of the molecule is CC(C)CCS(=O)(=O)N1CC[C@H]2CNC[C@H]21. The third-order valence-corrected chi connectivity index (χ3v) is 5.62. The molecule has 16 heavy (non-hydrogen) atoms. The average molecular weight is 246 g/mol. The summed E-state index contributed by atoms with van der Waals surface area (Å²) in [7, 11) is -3.02. The van der Waals surface area contributed by atoms with E-state index in [1.165, 1.54) is 0 Å². The molecular weight excluding hydrogens is 224 g/mol. The zero-order valence-corrected chi connectivity index (χ0v) is 11.0. The Labute approximate surface area is 98.4 Å². The molecule has 0 saturated carbocycles. The smallest absolute Gasteiger partial charge is 0.214 e. The van der Waals surface area contributed by atoms with Crippen LogP contribution in [0.1, 0.15) is 26.7 Å². The molecule has 0 unspecified atom stereocenters. The van der Waals surface area contributed by atoms with Crippen LogP contribution in [0.25, 0.3) is 0 Å². The summed E-state index contributed by atoms with van der Waals surface area (Å²) in [6.45, 7) is 6.70. The van der Waals surface area contributed by atoms with Gasteiger partial charge in [0.25, 0.3) is 0 Å². The monoisotopic (exact) mass is 246 g/mol. The summed E-state index contributed by atoms with van der Waals surface area (Å²) in [6, 6.07) is 0.233. The minimum Gasteiger partial charge on any atom is -0.315 e. The highest BCUT2D eigenvalue weighted by Gasteiger charge is 2.42. The van der Waals surface area contributed by atoms with Gasteiger partial charge in [-0.3, -0.25) is 0 Å². The molecule has 0 radical (unpaired) electrons. The van der Waals surface area contributed by atoms with Gasteiger partial charge < -0.3 is 5.32 Å². The molecule has 4 nitrogen and oxygen atoms in total. The second-order valence-corrected chi connectivity index (χ2v) is 7.42. The Morgan fingerprint density at radius 1 is 1.38 bits per heavy atom. The number of sulfonamides is 1. The van der Waals surface area contributed by atoms with E-state index in [1.54, 1.807) is 4.31 Å². The minimum absolute atomic E-state index is 0.233. The van der Waals surface area contributed by atoms with Gasteiger partial charge in [0.15, 0.2) is 0 Å². The van der Waals surface area contributed by atoms with Gasteiger partial charge in [-0.15, -0.1) is 0 Å². The van der Waals surface area contributed by atoms with Crippen LogP contribution in [0, 0.1) is 11.8 Å². The molecule has 2 saturated heterocycles. The van der Waals surface area contributed by atoms with Crippen LogP contribution in [0.4, 0.5) is 0 Å². The van der Waals surface area contributed by atoms with Gasteiger partial charge in [-0.05, 0) is 31.2 Å². The third kappa shape index (κ3) is 2.41. The number of nitrogens with one attached hydrogen (secondary N) is 1. The number of rotatable bonds is 4. The van der Waals surface area contributed by atoms with Crippen molar-refractivity contribution in [3.63, 3.8) is 0 Å². The van der Waals surface area contributed by atoms with E-state index in [1.807, 2.05) is 0 Å². The van der Waals surface area contributed by atoms with Gasteiger partial charge >= 0.3 is 0 Å². The quantitative estimate of drug-likeness (QED) is 0.792. The molecule has 0 amide bonds. The second-order valence-electron chi connectivity index (χ2n) is 5.38. The van der Waals surface area contributed by atoms with E-state index in [0.717, 1.165) is 32.5 Å². The number of hydrogen-bond acceptors (Lipinski definition) is 3. The van der Waals surface area contributed by atoms with Crippen LogP contribution in [-0.2, 0) is 10.0 Å². The highest BCUT2D eigenvalue weighted by molar-refractivity contribution is 7.89. The van der Waals surface area contributed by atoms with Crippen molar-refractivity contribution in [2.24, 2.45) is 11.8 Å². The molecule has 0 spiro atoms. The largest absolute Gasteiger partial charge is 0.315 e. The van der Waals surface area contributed by atoms with Crippen molar-refractivity contribution in [2.45, 2.75) is 32.7 Å². The average Bonchev–Trinajstić information content (AvgIpc) is 2.74. The van der Waals surface area contributed by atoms with Gasteiger partial charge in [-0.2, -0.15) is 4.31 Å². The Balaban J connectivity index is 2.01. The van der Waals surface area contributed by atoms with Crippen molar-refractivity contribution < 1.29 is 8.42 Å². The molecule has 0 aliphatic carbocycles. The summed E-state index contributed by atoms with van der Waals surface area (Å²) in [5.41, 5.74) is 0.